The number of nitrogens with zero attached hydrogens (tertiary/aromatic N) is 1. The fourth-order valence-electron chi connectivity index (χ4n) is 3.60. The van der Waals surface area contributed by atoms with Crippen molar-refractivity contribution in [2.75, 3.05) is 6.54 Å². The van der Waals surface area contributed by atoms with Crippen LogP contribution in [0, 0.1) is 0 Å². The third-order valence-corrected chi connectivity index (χ3v) is 5.22. The lowest BCUT2D eigenvalue weighted by Crippen LogP contribution is -2.24. The molecule has 0 amide bonds. The lowest BCUT2D eigenvalue weighted by atomic mass is 10.1. The molecule has 0 aromatic heterocycles. The summed E-state index contributed by atoms with van der Waals surface area (Å²) in [5.74, 6) is 0. The Morgan fingerprint density at radius 3 is 1.68 bits per heavy atom. The fourth-order valence-corrected chi connectivity index (χ4v) is 3.60. The molecule has 0 heterocycles. The predicted molar refractivity (Wildman–Crippen MR) is 123 cm³/mol. The van der Waals surface area contributed by atoms with Gasteiger partial charge in [-0.1, -0.05) is 112 Å². The second kappa shape index (κ2) is 15.1. The Bertz CT molecular complexity index is 576. The smallest absolute Gasteiger partial charge is 0.0237 e. The Kier molecular flexibility index (Phi) is 12.1. The SMILES string of the molecule is CCC/C=C/CCCCCCCCN(Cc1ccccc1)Cc1ccccc1. The van der Waals surface area contributed by atoms with Crippen LogP contribution in [0.2, 0.25) is 0 Å². The van der Waals surface area contributed by atoms with Gasteiger partial charge in [0.2, 0.25) is 0 Å². The van der Waals surface area contributed by atoms with Crippen molar-refractivity contribution in [2.45, 2.75) is 77.8 Å². The van der Waals surface area contributed by atoms with Gasteiger partial charge in [-0.05, 0) is 43.4 Å². The van der Waals surface area contributed by atoms with Gasteiger partial charge in [0.1, 0.15) is 0 Å². The number of hydrogen-bond donors (Lipinski definition) is 0. The van der Waals surface area contributed by atoms with E-state index >= 15 is 0 Å². The molecule has 2 rings (SSSR count). The van der Waals surface area contributed by atoms with Crippen LogP contribution in [0.3, 0.4) is 0 Å². The molecule has 0 aliphatic carbocycles. The van der Waals surface area contributed by atoms with Crippen LogP contribution in [0.5, 0.6) is 0 Å². The molecule has 2 aromatic rings. The van der Waals surface area contributed by atoms with E-state index in [0.29, 0.717) is 0 Å². The molecule has 0 saturated carbocycles. The standard InChI is InChI=1S/C27H39N/c1-2-3-4-5-6-7-8-9-10-11-18-23-28(24-26-19-14-12-15-20-26)25-27-21-16-13-17-22-27/h4-5,12-17,19-22H,2-3,6-11,18,23-25H2,1H3/b5-4+. The largest absolute Gasteiger partial charge is 0.295 e. The minimum absolute atomic E-state index is 1.04. The molecule has 0 unspecified atom stereocenters. The lowest BCUT2D eigenvalue weighted by molar-refractivity contribution is 0.250. The van der Waals surface area contributed by atoms with E-state index in [4.69, 9.17) is 0 Å². The molecular weight excluding hydrogens is 338 g/mol. The first-order valence-electron chi connectivity index (χ1n) is 11.3. The molecule has 0 N–H and O–H groups in total. The summed E-state index contributed by atoms with van der Waals surface area (Å²) in [5.41, 5.74) is 2.82. The Morgan fingerprint density at radius 1 is 0.607 bits per heavy atom. The van der Waals surface area contributed by atoms with Crippen LogP contribution in [0.4, 0.5) is 0 Å². The van der Waals surface area contributed by atoms with Gasteiger partial charge in [-0.2, -0.15) is 0 Å². The molecule has 0 saturated heterocycles. The average molecular weight is 378 g/mol. The van der Waals surface area contributed by atoms with E-state index in [1.807, 2.05) is 0 Å². The quantitative estimate of drug-likeness (QED) is 0.226. The summed E-state index contributed by atoms with van der Waals surface area (Å²) in [5, 5.41) is 0. The third-order valence-electron chi connectivity index (χ3n) is 5.22. The number of unbranched alkanes of at least 4 members (excludes halogenated alkanes) is 7. The van der Waals surface area contributed by atoms with E-state index in [1.54, 1.807) is 0 Å². The van der Waals surface area contributed by atoms with Gasteiger partial charge in [-0.15, -0.1) is 0 Å². The highest BCUT2D eigenvalue weighted by atomic mass is 15.1. The first-order valence-corrected chi connectivity index (χ1v) is 11.3. The van der Waals surface area contributed by atoms with Crippen molar-refractivity contribution in [1.82, 2.24) is 4.90 Å². The topological polar surface area (TPSA) is 3.24 Å². The van der Waals surface area contributed by atoms with E-state index in [1.165, 1.54) is 75.5 Å². The first kappa shape index (κ1) is 22.4. The van der Waals surface area contributed by atoms with Crippen LogP contribution >= 0.6 is 0 Å². The number of benzene rings is 2. The van der Waals surface area contributed by atoms with Gasteiger partial charge in [-0.25, -0.2) is 0 Å². The zero-order valence-electron chi connectivity index (χ0n) is 17.9. The Labute approximate surface area is 173 Å². The highest BCUT2D eigenvalue weighted by molar-refractivity contribution is 5.17. The molecule has 1 nitrogen and oxygen atoms in total. The molecule has 0 radical (unpaired) electrons. The number of allylic oxidation sites excluding steroid dienone is 2. The Morgan fingerprint density at radius 2 is 1.11 bits per heavy atom. The maximum Gasteiger partial charge on any atom is 0.0237 e. The second-order valence-corrected chi connectivity index (χ2v) is 7.85. The normalized spacial score (nSPS) is 11.5. The van der Waals surface area contributed by atoms with E-state index < -0.39 is 0 Å². The van der Waals surface area contributed by atoms with Crippen LogP contribution in [-0.4, -0.2) is 11.4 Å². The van der Waals surface area contributed by atoms with Gasteiger partial charge in [0.25, 0.3) is 0 Å². The number of hydrogen-bond acceptors (Lipinski definition) is 1. The summed E-state index contributed by atoms with van der Waals surface area (Å²) < 4.78 is 0. The summed E-state index contributed by atoms with van der Waals surface area (Å²) in [6, 6.07) is 21.8. The first-order chi connectivity index (χ1) is 13.9. The Balaban J connectivity index is 1.64. The average Bonchev–Trinajstić information content (AvgIpc) is 2.73. The van der Waals surface area contributed by atoms with Crippen molar-refractivity contribution in [1.29, 1.82) is 0 Å². The molecule has 0 bridgehead atoms. The van der Waals surface area contributed by atoms with E-state index in [9.17, 15) is 0 Å². The second-order valence-electron chi connectivity index (χ2n) is 7.85. The van der Waals surface area contributed by atoms with Gasteiger partial charge < -0.3 is 0 Å². The monoisotopic (exact) mass is 377 g/mol. The summed E-state index contributed by atoms with van der Waals surface area (Å²) in [4.78, 5) is 2.60. The lowest BCUT2D eigenvalue weighted by Gasteiger charge is -2.22. The van der Waals surface area contributed by atoms with Crippen molar-refractivity contribution in [2.24, 2.45) is 0 Å². The molecular formula is C27H39N. The van der Waals surface area contributed by atoms with Crippen LogP contribution < -0.4 is 0 Å². The molecule has 2 aromatic carbocycles. The summed E-state index contributed by atoms with van der Waals surface area (Å²) >= 11 is 0. The summed E-state index contributed by atoms with van der Waals surface area (Å²) in [6.07, 6.45) is 16.6. The minimum atomic E-state index is 1.04. The van der Waals surface area contributed by atoms with Crippen LogP contribution in [-0.2, 0) is 13.1 Å². The van der Waals surface area contributed by atoms with E-state index in [2.05, 4.69) is 84.6 Å². The van der Waals surface area contributed by atoms with Gasteiger partial charge in [0, 0.05) is 13.1 Å². The summed E-state index contributed by atoms with van der Waals surface area (Å²) in [6.45, 7) is 5.51. The van der Waals surface area contributed by atoms with E-state index in [-0.39, 0.29) is 0 Å². The minimum Gasteiger partial charge on any atom is -0.295 e. The maximum absolute atomic E-state index is 2.60. The van der Waals surface area contributed by atoms with Gasteiger partial charge in [0.15, 0.2) is 0 Å². The molecule has 28 heavy (non-hydrogen) atoms. The third kappa shape index (κ3) is 10.5. The van der Waals surface area contributed by atoms with Crippen molar-refractivity contribution in [3.05, 3.63) is 83.9 Å². The molecule has 0 aliphatic rings. The molecule has 0 fully saturated rings. The molecule has 152 valence electrons. The predicted octanol–water partition coefficient (Wildman–Crippen LogP) is 7.78. The van der Waals surface area contributed by atoms with Crippen molar-refractivity contribution in [3.8, 4) is 0 Å². The summed E-state index contributed by atoms with van der Waals surface area (Å²) in [7, 11) is 0. The van der Waals surface area contributed by atoms with Crippen molar-refractivity contribution in [3.63, 3.8) is 0 Å². The van der Waals surface area contributed by atoms with Crippen LogP contribution in [0.1, 0.15) is 75.8 Å². The van der Waals surface area contributed by atoms with E-state index in [0.717, 1.165) is 13.1 Å². The zero-order chi connectivity index (χ0) is 19.7. The van der Waals surface area contributed by atoms with Crippen molar-refractivity contribution < 1.29 is 0 Å². The molecule has 0 spiro atoms. The van der Waals surface area contributed by atoms with Gasteiger partial charge >= 0.3 is 0 Å². The highest BCUT2D eigenvalue weighted by Crippen LogP contribution is 2.13. The van der Waals surface area contributed by atoms with Crippen molar-refractivity contribution >= 4 is 0 Å². The molecule has 0 atom stereocenters. The zero-order valence-corrected chi connectivity index (χ0v) is 17.9. The highest BCUT2D eigenvalue weighted by Gasteiger charge is 2.07. The molecule has 0 aliphatic heterocycles. The van der Waals surface area contributed by atoms with Gasteiger partial charge in [0.05, 0.1) is 0 Å². The van der Waals surface area contributed by atoms with Crippen LogP contribution in [0.25, 0.3) is 0 Å². The number of rotatable bonds is 15. The maximum atomic E-state index is 2.60. The Hall–Kier alpha value is -1.86. The van der Waals surface area contributed by atoms with Crippen LogP contribution in [0.15, 0.2) is 72.8 Å². The molecule has 1 heteroatoms. The fraction of sp³-hybridized carbons (Fsp3) is 0.481. The van der Waals surface area contributed by atoms with Gasteiger partial charge in [-0.3, -0.25) is 4.90 Å².